The third-order valence-electron chi connectivity index (χ3n) is 11.5. The summed E-state index contributed by atoms with van der Waals surface area (Å²) in [6, 6.07) is 9.49. The maximum Gasteiger partial charge on any atom is 0.338 e. The molecule has 0 spiro atoms. The highest BCUT2D eigenvalue weighted by Gasteiger charge is 2.59. The Hall–Kier alpha value is -1.57. The van der Waals surface area contributed by atoms with Crippen LogP contribution in [0.15, 0.2) is 42.0 Å². The third kappa shape index (κ3) is 4.71. The van der Waals surface area contributed by atoms with E-state index in [1.807, 2.05) is 30.3 Å². The molecule has 0 aromatic heterocycles. The molecular weight excluding hydrogens is 440 g/mol. The average molecular weight is 491 g/mol. The van der Waals surface area contributed by atoms with E-state index < -0.39 is 0 Å². The Morgan fingerprint density at radius 3 is 2.50 bits per heavy atom. The standard InChI is InChI=1S/C34H50O2/c1-23(2)10-9-11-24(3)29-16-17-30-28-15-14-26-22-27(36-32(35)25-12-7-6-8-13-25)18-20-33(26,4)31(28)19-21-34(29,30)5/h6-8,12-14,23-24,27-31H,9-11,15-22H2,1-5H3/t24?,27-,28?,29+,30?,31?,33-,34+/m0/s1. The lowest BCUT2D eigenvalue weighted by molar-refractivity contribution is -0.0594. The fraction of sp³-hybridized carbons (Fsp3) is 0.735. The first-order chi connectivity index (χ1) is 17.2. The Kier molecular flexibility index (Phi) is 7.45. The lowest BCUT2D eigenvalue weighted by Crippen LogP contribution is -2.51. The van der Waals surface area contributed by atoms with E-state index in [1.54, 1.807) is 5.57 Å². The minimum atomic E-state index is -0.161. The molecule has 198 valence electrons. The molecule has 0 amide bonds. The third-order valence-corrected chi connectivity index (χ3v) is 11.5. The van der Waals surface area contributed by atoms with Gasteiger partial charge in [0.25, 0.3) is 0 Å². The van der Waals surface area contributed by atoms with Gasteiger partial charge in [0.05, 0.1) is 5.56 Å². The second kappa shape index (κ2) is 10.3. The number of benzene rings is 1. The van der Waals surface area contributed by atoms with Gasteiger partial charge < -0.3 is 4.74 Å². The number of hydrogen-bond donors (Lipinski definition) is 0. The molecule has 5 rings (SSSR count). The van der Waals surface area contributed by atoms with Gasteiger partial charge in [-0.1, -0.05) is 83.7 Å². The first kappa shape index (κ1) is 26.1. The van der Waals surface area contributed by atoms with Crippen LogP contribution in [0.1, 0.15) is 116 Å². The van der Waals surface area contributed by atoms with Crippen molar-refractivity contribution in [3.05, 3.63) is 47.5 Å². The quantitative estimate of drug-likeness (QED) is 0.281. The molecule has 0 bridgehead atoms. The van der Waals surface area contributed by atoms with Gasteiger partial charge in [-0.25, -0.2) is 4.79 Å². The van der Waals surface area contributed by atoms with Crippen molar-refractivity contribution < 1.29 is 9.53 Å². The summed E-state index contributed by atoms with van der Waals surface area (Å²) < 4.78 is 6.00. The minimum absolute atomic E-state index is 0.0324. The molecule has 8 atom stereocenters. The van der Waals surface area contributed by atoms with E-state index in [-0.39, 0.29) is 12.1 Å². The average Bonchev–Trinajstić information content (AvgIpc) is 3.22. The van der Waals surface area contributed by atoms with Crippen molar-refractivity contribution in [1.82, 2.24) is 0 Å². The number of fused-ring (bicyclic) bond motifs is 5. The van der Waals surface area contributed by atoms with E-state index in [9.17, 15) is 4.79 Å². The maximum absolute atomic E-state index is 12.7. The molecule has 2 heteroatoms. The van der Waals surface area contributed by atoms with Gasteiger partial charge >= 0.3 is 5.97 Å². The van der Waals surface area contributed by atoms with Gasteiger partial charge in [0, 0.05) is 6.42 Å². The van der Waals surface area contributed by atoms with Crippen LogP contribution in [0.2, 0.25) is 0 Å². The van der Waals surface area contributed by atoms with Crippen molar-refractivity contribution in [2.75, 3.05) is 0 Å². The lowest BCUT2D eigenvalue weighted by atomic mass is 9.47. The summed E-state index contributed by atoms with van der Waals surface area (Å²) in [5.41, 5.74) is 3.12. The molecule has 2 nitrogen and oxygen atoms in total. The highest BCUT2D eigenvalue weighted by atomic mass is 16.5. The topological polar surface area (TPSA) is 26.3 Å². The van der Waals surface area contributed by atoms with Gasteiger partial charge in [0.1, 0.15) is 6.10 Å². The second-order valence-electron chi connectivity index (χ2n) is 13.9. The van der Waals surface area contributed by atoms with E-state index in [1.165, 1.54) is 57.8 Å². The van der Waals surface area contributed by atoms with Crippen molar-refractivity contribution in [2.24, 2.45) is 46.3 Å². The predicted molar refractivity (Wildman–Crippen MR) is 149 cm³/mol. The van der Waals surface area contributed by atoms with Crippen molar-refractivity contribution in [1.29, 1.82) is 0 Å². The fourth-order valence-electron chi connectivity index (χ4n) is 9.55. The molecule has 3 fully saturated rings. The highest BCUT2D eigenvalue weighted by molar-refractivity contribution is 5.89. The van der Waals surface area contributed by atoms with Crippen LogP contribution in [0.5, 0.6) is 0 Å². The predicted octanol–water partition coefficient (Wildman–Crippen LogP) is 9.25. The molecular formula is C34H50O2. The molecule has 1 aromatic carbocycles. The summed E-state index contributed by atoms with van der Waals surface area (Å²) in [7, 11) is 0. The van der Waals surface area contributed by atoms with E-state index in [0.29, 0.717) is 16.4 Å². The Morgan fingerprint density at radius 2 is 1.75 bits per heavy atom. The number of esters is 1. The summed E-state index contributed by atoms with van der Waals surface area (Å²) >= 11 is 0. The fourth-order valence-corrected chi connectivity index (χ4v) is 9.55. The van der Waals surface area contributed by atoms with Gasteiger partial charge in [0.2, 0.25) is 0 Å². The van der Waals surface area contributed by atoms with Crippen LogP contribution >= 0.6 is 0 Å². The van der Waals surface area contributed by atoms with Crippen LogP contribution in [0.25, 0.3) is 0 Å². The molecule has 0 saturated heterocycles. The maximum atomic E-state index is 12.7. The van der Waals surface area contributed by atoms with Crippen molar-refractivity contribution in [2.45, 2.75) is 111 Å². The largest absolute Gasteiger partial charge is 0.458 e. The van der Waals surface area contributed by atoms with Crippen molar-refractivity contribution >= 4 is 5.97 Å². The van der Waals surface area contributed by atoms with Gasteiger partial charge in [-0.15, -0.1) is 0 Å². The van der Waals surface area contributed by atoms with Crippen molar-refractivity contribution in [3.8, 4) is 0 Å². The van der Waals surface area contributed by atoms with Crippen LogP contribution in [0.3, 0.4) is 0 Å². The molecule has 3 saturated carbocycles. The van der Waals surface area contributed by atoms with Crippen LogP contribution in [0.4, 0.5) is 0 Å². The summed E-state index contributed by atoms with van der Waals surface area (Å²) in [5.74, 6) is 5.03. The summed E-state index contributed by atoms with van der Waals surface area (Å²) in [5, 5.41) is 0. The van der Waals surface area contributed by atoms with E-state index in [4.69, 9.17) is 4.74 Å². The van der Waals surface area contributed by atoms with Crippen LogP contribution in [-0.4, -0.2) is 12.1 Å². The van der Waals surface area contributed by atoms with E-state index in [2.05, 4.69) is 40.7 Å². The second-order valence-corrected chi connectivity index (χ2v) is 13.9. The first-order valence-corrected chi connectivity index (χ1v) is 15.2. The zero-order chi connectivity index (χ0) is 25.5. The lowest BCUT2D eigenvalue weighted by Gasteiger charge is -2.58. The molecule has 4 unspecified atom stereocenters. The molecule has 0 heterocycles. The van der Waals surface area contributed by atoms with E-state index >= 15 is 0 Å². The molecule has 0 radical (unpaired) electrons. The van der Waals surface area contributed by atoms with Crippen LogP contribution < -0.4 is 0 Å². The Morgan fingerprint density at radius 1 is 0.972 bits per heavy atom. The SMILES string of the molecule is CC(C)CCCC(C)[C@H]1CCC2C3CC=C4C[C@@H](OC(=O)c5ccccc5)CC[C@]4(C)C3CC[C@@]21C. The summed E-state index contributed by atoms with van der Waals surface area (Å²) in [6.45, 7) is 12.6. The zero-order valence-electron chi connectivity index (χ0n) is 23.6. The Bertz CT molecular complexity index is 947. The summed E-state index contributed by atoms with van der Waals surface area (Å²) in [4.78, 5) is 12.7. The number of allylic oxidation sites excluding steroid dienone is 1. The molecule has 1 aromatic rings. The monoisotopic (exact) mass is 490 g/mol. The number of ether oxygens (including phenoxy) is 1. The van der Waals surface area contributed by atoms with E-state index in [0.717, 1.165) is 48.3 Å². The summed E-state index contributed by atoms with van der Waals surface area (Å²) in [6.07, 6.45) is 17.0. The Balaban J connectivity index is 1.25. The Labute approximate surface area is 220 Å². The van der Waals surface area contributed by atoms with Gasteiger partial charge in [-0.2, -0.15) is 0 Å². The normalized spacial score (nSPS) is 38.5. The highest BCUT2D eigenvalue weighted by Crippen LogP contribution is 2.67. The first-order valence-electron chi connectivity index (χ1n) is 15.2. The molecule has 0 N–H and O–H groups in total. The zero-order valence-corrected chi connectivity index (χ0v) is 23.6. The number of hydrogen-bond acceptors (Lipinski definition) is 2. The molecule has 0 aliphatic heterocycles. The number of rotatable bonds is 7. The number of carbonyl (C=O) groups is 1. The molecule has 4 aliphatic rings. The molecule has 4 aliphatic carbocycles. The smallest absolute Gasteiger partial charge is 0.338 e. The molecule has 36 heavy (non-hydrogen) atoms. The van der Waals surface area contributed by atoms with Crippen molar-refractivity contribution in [3.63, 3.8) is 0 Å². The van der Waals surface area contributed by atoms with Gasteiger partial charge in [0.15, 0.2) is 0 Å². The van der Waals surface area contributed by atoms with Gasteiger partial charge in [-0.3, -0.25) is 0 Å². The van der Waals surface area contributed by atoms with Crippen LogP contribution in [0, 0.1) is 46.3 Å². The number of carbonyl (C=O) groups excluding carboxylic acids is 1. The minimum Gasteiger partial charge on any atom is -0.458 e. The van der Waals surface area contributed by atoms with Gasteiger partial charge in [-0.05, 0) is 103 Å². The van der Waals surface area contributed by atoms with Crippen LogP contribution in [-0.2, 0) is 4.74 Å².